The lowest BCUT2D eigenvalue weighted by Crippen LogP contribution is -2.45. The number of Topliss-reactive ketones (excluding diaryl/α,β-unsaturated/α-hetero) is 1. The zero-order valence-electron chi connectivity index (χ0n) is 19.8. The molecule has 7 rings (SSSR count). The number of esters is 2. The van der Waals surface area contributed by atoms with E-state index in [1.165, 1.54) is 0 Å². The molecule has 2 aliphatic heterocycles. The third-order valence-corrected chi connectivity index (χ3v) is 11.4. The summed E-state index contributed by atoms with van der Waals surface area (Å²) < 4.78 is 11.8. The van der Waals surface area contributed by atoms with Gasteiger partial charge in [-0.1, -0.05) is 26.5 Å². The summed E-state index contributed by atoms with van der Waals surface area (Å²) in [4.78, 5) is 52.6. The summed E-state index contributed by atoms with van der Waals surface area (Å²) in [6, 6.07) is 0. The average molecular weight is 465 g/mol. The molecular weight excluding hydrogens is 432 g/mol. The van der Waals surface area contributed by atoms with Gasteiger partial charge in [0.1, 0.15) is 18.0 Å². The van der Waals surface area contributed by atoms with Crippen LogP contribution < -0.4 is 0 Å². The highest BCUT2D eigenvalue weighted by atomic mass is 16.6. The molecule has 6 nitrogen and oxygen atoms in total. The minimum Gasteiger partial charge on any atom is -0.462 e. The Balaban J connectivity index is 1.32. The first-order chi connectivity index (χ1) is 16.2. The van der Waals surface area contributed by atoms with Gasteiger partial charge >= 0.3 is 11.9 Å². The lowest BCUT2D eigenvalue weighted by Gasteiger charge is -2.39. The lowest BCUT2D eigenvalue weighted by atomic mass is 9.59. The summed E-state index contributed by atoms with van der Waals surface area (Å²) in [6.45, 7) is 8.35. The molecule has 12 unspecified atom stereocenters. The highest BCUT2D eigenvalue weighted by Gasteiger charge is 2.78. The van der Waals surface area contributed by atoms with E-state index >= 15 is 0 Å². The maximum Gasteiger partial charge on any atom is 0.334 e. The van der Waals surface area contributed by atoms with Crippen LogP contribution in [0.4, 0.5) is 0 Å². The van der Waals surface area contributed by atoms with Crippen LogP contribution in [0.2, 0.25) is 0 Å². The largest absolute Gasteiger partial charge is 0.462 e. The van der Waals surface area contributed by atoms with Crippen LogP contribution in [0.1, 0.15) is 52.4 Å². The van der Waals surface area contributed by atoms with Crippen molar-refractivity contribution in [3.63, 3.8) is 0 Å². The molecule has 0 radical (unpaired) electrons. The number of rotatable bonds is 0. The quantitative estimate of drug-likeness (QED) is 0.403. The molecular formula is C28H32O6. The molecule has 0 aromatic carbocycles. The van der Waals surface area contributed by atoms with E-state index in [0.717, 1.165) is 6.42 Å². The van der Waals surface area contributed by atoms with Crippen LogP contribution in [0.15, 0.2) is 24.3 Å². The summed E-state index contributed by atoms with van der Waals surface area (Å²) in [5.41, 5.74) is -0.860. The topological polar surface area (TPSA) is 86.7 Å². The highest BCUT2D eigenvalue weighted by molar-refractivity contribution is 5.96. The van der Waals surface area contributed by atoms with Gasteiger partial charge < -0.3 is 9.47 Å². The number of allylic oxidation sites excluding steroid dienone is 2. The molecule has 12 atom stereocenters. The minimum atomic E-state index is -0.702. The predicted octanol–water partition coefficient (Wildman–Crippen LogP) is 3.44. The molecule has 2 bridgehead atoms. The molecule has 0 N–H and O–H groups in total. The molecule has 0 aromatic rings. The molecule has 180 valence electrons. The normalized spacial score (nSPS) is 54.9. The molecule has 2 heterocycles. The molecule has 34 heavy (non-hydrogen) atoms. The van der Waals surface area contributed by atoms with Crippen LogP contribution in [0, 0.1) is 58.2 Å². The zero-order valence-corrected chi connectivity index (χ0v) is 19.8. The monoisotopic (exact) mass is 464 g/mol. The number of ether oxygens (including phenoxy) is 2. The van der Waals surface area contributed by atoms with Crippen LogP contribution in [0.3, 0.4) is 0 Å². The summed E-state index contributed by atoms with van der Waals surface area (Å²) in [6.07, 6.45) is 6.98. The van der Waals surface area contributed by atoms with Gasteiger partial charge in [-0.2, -0.15) is 0 Å². The van der Waals surface area contributed by atoms with E-state index in [0.29, 0.717) is 37.7 Å². The van der Waals surface area contributed by atoms with Crippen LogP contribution in [0.5, 0.6) is 0 Å². The molecule has 4 saturated carbocycles. The third-order valence-electron chi connectivity index (χ3n) is 11.4. The maximum absolute atomic E-state index is 13.8. The van der Waals surface area contributed by atoms with Crippen molar-refractivity contribution in [1.29, 1.82) is 0 Å². The fourth-order valence-electron chi connectivity index (χ4n) is 10.1. The second-order valence-corrected chi connectivity index (χ2v) is 12.6. The highest BCUT2D eigenvalue weighted by Crippen LogP contribution is 2.75. The van der Waals surface area contributed by atoms with Gasteiger partial charge in [0.15, 0.2) is 5.78 Å². The van der Waals surface area contributed by atoms with Crippen LogP contribution >= 0.6 is 0 Å². The summed E-state index contributed by atoms with van der Waals surface area (Å²) in [7, 11) is 0. The van der Waals surface area contributed by atoms with Crippen molar-refractivity contribution < 1.29 is 28.7 Å². The summed E-state index contributed by atoms with van der Waals surface area (Å²) in [5.74, 6) is 0.312. The SMILES string of the molecule is C=C1C(=O)OC2CC(C)C3C4CC(=O)C3(CC12)CC41C(=O)OC2CC(C)C3C=CC(=O)C3CC21. The molecule has 5 aliphatic carbocycles. The van der Waals surface area contributed by atoms with Gasteiger partial charge in [0.2, 0.25) is 0 Å². The van der Waals surface area contributed by atoms with Gasteiger partial charge in [-0.05, 0) is 67.8 Å². The molecule has 6 heteroatoms. The standard InChI is InChI=1S/C28H32O6/c1-12-6-22-18(8-16-15(12)4-5-20(16)29)28(26(32)34-22)11-27-10-17-14(3)25(31)33-21(17)7-13(2)24(27)19(28)9-23(27)30/h4-5,12-13,15-19,21-22,24H,3,6-11H2,1-2H3. The number of carbonyl (C=O) groups is 4. The Labute approximate surface area is 199 Å². The van der Waals surface area contributed by atoms with Gasteiger partial charge in [0.25, 0.3) is 0 Å². The Morgan fingerprint density at radius 3 is 2.50 bits per heavy atom. The molecule has 2 saturated heterocycles. The fraction of sp³-hybridized carbons (Fsp3) is 0.714. The van der Waals surface area contributed by atoms with Gasteiger partial charge in [0, 0.05) is 35.2 Å². The van der Waals surface area contributed by atoms with Gasteiger partial charge in [0.05, 0.1) is 5.41 Å². The first kappa shape index (κ1) is 21.1. The molecule has 0 aromatic heterocycles. The average Bonchev–Trinajstić information content (AvgIpc) is 3.46. The van der Waals surface area contributed by atoms with E-state index in [9.17, 15) is 19.2 Å². The van der Waals surface area contributed by atoms with Crippen molar-refractivity contribution >= 4 is 23.5 Å². The molecule has 1 spiro atoms. The predicted molar refractivity (Wildman–Crippen MR) is 120 cm³/mol. The smallest absolute Gasteiger partial charge is 0.334 e. The number of ketones is 2. The van der Waals surface area contributed by atoms with Crippen molar-refractivity contribution in [2.24, 2.45) is 58.2 Å². The number of hydrogen-bond donors (Lipinski definition) is 0. The van der Waals surface area contributed by atoms with Crippen molar-refractivity contribution in [2.45, 2.75) is 64.6 Å². The molecule has 7 aliphatic rings. The van der Waals surface area contributed by atoms with Gasteiger partial charge in [-0.15, -0.1) is 0 Å². The summed E-state index contributed by atoms with van der Waals surface area (Å²) in [5, 5.41) is 0. The van der Waals surface area contributed by atoms with Crippen molar-refractivity contribution in [1.82, 2.24) is 0 Å². The second-order valence-electron chi connectivity index (χ2n) is 12.6. The van der Waals surface area contributed by atoms with Crippen molar-refractivity contribution in [3.05, 3.63) is 24.3 Å². The lowest BCUT2D eigenvalue weighted by molar-refractivity contribution is -0.153. The van der Waals surface area contributed by atoms with E-state index in [-0.39, 0.29) is 83.1 Å². The summed E-state index contributed by atoms with van der Waals surface area (Å²) >= 11 is 0. The van der Waals surface area contributed by atoms with Crippen molar-refractivity contribution in [3.8, 4) is 0 Å². The van der Waals surface area contributed by atoms with Crippen molar-refractivity contribution in [2.75, 3.05) is 0 Å². The Morgan fingerprint density at radius 1 is 0.941 bits per heavy atom. The van der Waals surface area contributed by atoms with Gasteiger partial charge in [-0.25, -0.2) is 4.79 Å². The minimum absolute atomic E-state index is 0.0316. The Hall–Kier alpha value is -2.24. The van der Waals surface area contributed by atoms with Crippen LogP contribution in [-0.2, 0) is 28.7 Å². The maximum atomic E-state index is 13.8. The zero-order chi connectivity index (χ0) is 23.7. The van der Waals surface area contributed by atoms with E-state index in [4.69, 9.17) is 9.47 Å². The second kappa shape index (κ2) is 6.50. The Kier molecular flexibility index (Phi) is 4.03. The van der Waals surface area contributed by atoms with E-state index in [2.05, 4.69) is 26.5 Å². The van der Waals surface area contributed by atoms with Gasteiger partial charge in [-0.3, -0.25) is 14.4 Å². The number of hydrogen-bond acceptors (Lipinski definition) is 6. The molecule has 0 amide bonds. The first-order valence-corrected chi connectivity index (χ1v) is 13.0. The van der Waals surface area contributed by atoms with E-state index < -0.39 is 10.8 Å². The Morgan fingerprint density at radius 2 is 1.71 bits per heavy atom. The number of fused-ring (bicyclic) bond motifs is 5. The van der Waals surface area contributed by atoms with Crippen LogP contribution in [0.25, 0.3) is 0 Å². The third kappa shape index (κ3) is 2.29. The Bertz CT molecular complexity index is 1090. The first-order valence-electron chi connectivity index (χ1n) is 13.0. The van der Waals surface area contributed by atoms with E-state index in [1.54, 1.807) is 6.08 Å². The van der Waals surface area contributed by atoms with Crippen LogP contribution in [-0.4, -0.2) is 35.7 Å². The fourth-order valence-corrected chi connectivity index (χ4v) is 10.1. The van der Waals surface area contributed by atoms with E-state index in [1.807, 2.05) is 0 Å². The molecule has 6 fully saturated rings. The number of carbonyl (C=O) groups excluding carboxylic acids is 4.